The van der Waals surface area contributed by atoms with E-state index in [0.29, 0.717) is 29.2 Å². The lowest BCUT2D eigenvalue weighted by Gasteiger charge is -2.31. The van der Waals surface area contributed by atoms with E-state index in [-0.39, 0.29) is 12.0 Å². The second kappa shape index (κ2) is 9.40. The van der Waals surface area contributed by atoms with Crippen molar-refractivity contribution in [3.8, 4) is 11.5 Å². The molecule has 0 saturated carbocycles. The number of carbonyl (C=O) groups is 1. The first-order chi connectivity index (χ1) is 16.5. The van der Waals surface area contributed by atoms with Gasteiger partial charge in [-0.3, -0.25) is 14.4 Å². The summed E-state index contributed by atoms with van der Waals surface area (Å²) >= 11 is 0. The van der Waals surface area contributed by atoms with Gasteiger partial charge in [-0.05, 0) is 43.2 Å². The van der Waals surface area contributed by atoms with Crippen LogP contribution in [0.15, 0.2) is 53.1 Å². The minimum atomic E-state index is -0.163. The Labute approximate surface area is 198 Å². The second-order valence-corrected chi connectivity index (χ2v) is 8.86. The van der Waals surface area contributed by atoms with Crippen LogP contribution < -0.4 is 5.32 Å². The standard InChI is InChI=1S/C26H29N5O3/c1-17-15-31(9-11-33-17)16-20-7-4-6-19(12-20)14-27-26(32)21-13-22(23-8-5-10-34-23)28-25-24(21)18(2)29-30(25)3/h4-8,10,12-13,17H,9,11,14-16H2,1-3H3,(H,27,32). The summed E-state index contributed by atoms with van der Waals surface area (Å²) in [5.41, 5.74) is 4.86. The number of aryl methyl sites for hydroxylation is 2. The number of benzene rings is 1. The first-order valence-corrected chi connectivity index (χ1v) is 11.6. The van der Waals surface area contributed by atoms with Crippen LogP contribution in [0.1, 0.15) is 34.1 Å². The van der Waals surface area contributed by atoms with Crippen molar-refractivity contribution in [3.05, 3.63) is 71.1 Å². The molecule has 0 radical (unpaired) electrons. The van der Waals surface area contributed by atoms with Crippen LogP contribution >= 0.6 is 0 Å². The zero-order valence-electron chi connectivity index (χ0n) is 19.7. The van der Waals surface area contributed by atoms with Gasteiger partial charge in [0.05, 0.1) is 35.6 Å². The number of morpholine rings is 1. The molecule has 5 rings (SSSR count). The average Bonchev–Trinajstić information content (AvgIpc) is 3.46. The Bertz CT molecular complexity index is 1310. The molecule has 1 unspecified atom stereocenters. The first kappa shape index (κ1) is 22.3. The Kier molecular flexibility index (Phi) is 6.17. The fraction of sp³-hybridized carbons (Fsp3) is 0.346. The number of amides is 1. The molecule has 8 nitrogen and oxygen atoms in total. The molecule has 8 heteroatoms. The zero-order chi connectivity index (χ0) is 23.7. The molecule has 4 heterocycles. The molecule has 1 fully saturated rings. The van der Waals surface area contributed by atoms with Crippen molar-refractivity contribution in [1.29, 1.82) is 0 Å². The van der Waals surface area contributed by atoms with Crippen LogP contribution in [0.3, 0.4) is 0 Å². The number of rotatable bonds is 6. The van der Waals surface area contributed by atoms with Crippen molar-refractivity contribution in [3.63, 3.8) is 0 Å². The van der Waals surface area contributed by atoms with Gasteiger partial charge in [0.1, 0.15) is 5.69 Å². The summed E-state index contributed by atoms with van der Waals surface area (Å²) < 4.78 is 12.9. The van der Waals surface area contributed by atoms with Crippen LogP contribution in [0.2, 0.25) is 0 Å². The van der Waals surface area contributed by atoms with E-state index >= 15 is 0 Å². The molecule has 0 aliphatic carbocycles. The van der Waals surface area contributed by atoms with Crippen molar-refractivity contribution in [1.82, 2.24) is 25.0 Å². The smallest absolute Gasteiger partial charge is 0.252 e. The summed E-state index contributed by atoms with van der Waals surface area (Å²) in [7, 11) is 1.83. The van der Waals surface area contributed by atoms with E-state index in [4.69, 9.17) is 9.15 Å². The highest BCUT2D eigenvalue weighted by molar-refractivity contribution is 6.07. The van der Waals surface area contributed by atoms with Crippen LogP contribution in [-0.2, 0) is 24.9 Å². The minimum absolute atomic E-state index is 0.163. The third-order valence-electron chi connectivity index (χ3n) is 6.16. The van der Waals surface area contributed by atoms with Crippen LogP contribution in [0.5, 0.6) is 0 Å². The lowest BCUT2D eigenvalue weighted by molar-refractivity contribution is -0.0212. The second-order valence-electron chi connectivity index (χ2n) is 8.86. The number of carbonyl (C=O) groups excluding carboxylic acids is 1. The maximum Gasteiger partial charge on any atom is 0.252 e. The molecular weight excluding hydrogens is 430 g/mol. The third-order valence-corrected chi connectivity index (χ3v) is 6.16. The monoisotopic (exact) mass is 459 g/mol. The van der Waals surface area contributed by atoms with Crippen molar-refractivity contribution >= 4 is 16.9 Å². The number of nitrogens with zero attached hydrogens (tertiary/aromatic N) is 4. The predicted molar refractivity (Wildman–Crippen MR) is 129 cm³/mol. The number of aromatic nitrogens is 3. The van der Waals surface area contributed by atoms with Gasteiger partial charge in [0, 0.05) is 33.2 Å². The molecule has 1 amide bonds. The normalized spacial score (nSPS) is 16.7. The van der Waals surface area contributed by atoms with Crippen LogP contribution in [0.4, 0.5) is 0 Å². The van der Waals surface area contributed by atoms with Gasteiger partial charge in [-0.2, -0.15) is 5.10 Å². The number of furan rings is 1. The van der Waals surface area contributed by atoms with E-state index in [2.05, 4.69) is 39.4 Å². The summed E-state index contributed by atoms with van der Waals surface area (Å²) in [6.45, 7) is 7.95. The number of nitrogens with one attached hydrogen (secondary N) is 1. The Morgan fingerprint density at radius 2 is 2.06 bits per heavy atom. The Hall–Kier alpha value is -3.49. The maximum atomic E-state index is 13.3. The molecular formula is C26H29N5O3. The Balaban J connectivity index is 1.35. The van der Waals surface area contributed by atoms with Gasteiger partial charge in [-0.1, -0.05) is 24.3 Å². The number of pyridine rings is 1. The number of ether oxygens (including phenoxy) is 1. The van der Waals surface area contributed by atoms with E-state index in [1.54, 1.807) is 23.1 Å². The Morgan fingerprint density at radius 1 is 1.21 bits per heavy atom. The molecule has 34 heavy (non-hydrogen) atoms. The highest BCUT2D eigenvalue weighted by atomic mass is 16.5. The number of hydrogen-bond acceptors (Lipinski definition) is 6. The van der Waals surface area contributed by atoms with Crippen LogP contribution in [0.25, 0.3) is 22.5 Å². The van der Waals surface area contributed by atoms with E-state index in [1.165, 1.54) is 5.56 Å². The van der Waals surface area contributed by atoms with Gasteiger partial charge in [0.2, 0.25) is 0 Å². The lowest BCUT2D eigenvalue weighted by Crippen LogP contribution is -2.40. The Morgan fingerprint density at radius 3 is 2.85 bits per heavy atom. The van der Waals surface area contributed by atoms with Gasteiger partial charge in [-0.15, -0.1) is 0 Å². The molecule has 1 aliphatic rings. The highest BCUT2D eigenvalue weighted by Crippen LogP contribution is 2.27. The fourth-order valence-corrected chi connectivity index (χ4v) is 4.58. The molecule has 4 aromatic rings. The highest BCUT2D eigenvalue weighted by Gasteiger charge is 2.20. The van der Waals surface area contributed by atoms with Gasteiger partial charge in [0.15, 0.2) is 11.4 Å². The number of fused-ring (bicyclic) bond motifs is 1. The lowest BCUT2D eigenvalue weighted by atomic mass is 10.1. The molecule has 176 valence electrons. The van der Waals surface area contributed by atoms with E-state index in [0.717, 1.165) is 42.9 Å². The van der Waals surface area contributed by atoms with Gasteiger partial charge < -0.3 is 14.5 Å². The molecule has 1 N–H and O–H groups in total. The molecule has 1 atom stereocenters. The largest absolute Gasteiger partial charge is 0.463 e. The zero-order valence-corrected chi connectivity index (χ0v) is 19.7. The quantitative estimate of drug-likeness (QED) is 0.473. The van der Waals surface area contributed by atoms with E-state index in [1.807, 2.05) is 32.2 Å². The minimum Gasteiger partial charge on any atom is -0.463 e. The van der Waals surface area contributed by atoms with E-state index < -0.39 is 0 Å². The topological polar surface area (TPSA) is 85.4 Å². The summed E-state index contributed by atoms with van der Waals surface area (Å²) in [6.07, 6.45) is 1.86. The summed E-state index contributed by atoms with van der Waals surface area (Å²) in [5.74, 6) is 0.448. The SMILES string of the molecule is Cc1nn(C)c2nc(-c3ccco3)cc(C(=O)NCc3cccc(CN4CCOC(C)C4)c3)c12. The number of hydrogen-bond donors (Lipinski definition) is 1. The van der Waals surface area contributed by atoms with Crippen molar-refractivity contribution in [2.45, 2.75) is 33.0 Å². The van der Waals surface area contributed by atoms with E-state index in [9.17, 15) is 4.79 Å². The molecule has 0 spiro atoms. The fourth-order valence-electron chi connectivity index (χ4n) is 4.58. The predicted octanol–water partition coefficient (Wildman–Crippen LogP) is 3.69. The summed E-state index contributed by atoms with van der Waals surface area (Å²) in [5, 5.41) is 8.32. The molecule has 1 saturated heterocycles. The van der Waals surface area contributed by atoms with Crippen molar-refractivity contribution in [2.24, 2.45) is 7.05 Å². The van der Waals surface area contributed by atoms with Gasteiger partial charge in [0.25, 0.3) is 5.91 Å². The first-order valence-electron chi connectivity index (χ1n) is 11.6. The third kappa shape index (κ3) is 4.60. The van der Waals surface area contributed by atoms with Gasteiger partial charge >= 0.3 is 0 Å². The van der Waals surface area contributed by atoms with Gasteiger partial charge in [-0.25, -0.2) is 4.98 Å². The molecule has 1 aliphatic heterocycles. The van der Waals surface area contributed by atoms with Crippen molar-refractivity contribution in [2.75, 3.05) is 19.7 Å². The summed E-state index contributed by atoms with van der Waals surface area (Å²) in [4.78, 5) is 20.4. The molecule has 0 bridgehead atoms. The maximum absolute atomic E-state index is 13.3. The summed E-state index contributed by atoms with van der Waals surface area (Å²) in [6, 6.07) is 13.8. The van der Waals surface area contributed by atoms with Crippen molar-refractivity contribution < 1.29 is 13.9 Å². The molecule has 3 aromatic heterocycles. The van der Waals surface area contributed by atoms with Crippen LogP contribution in [-0.4, -0.2) is 51.4 Å². The molecule has 1 aromatic carbocycles. The average molecular weight is 460 g/mol. The van der Waals surface area contributed by atoms with Crippen LogP contribution in [0, 0.1) is 6.92 Å².